The van der Waals surface area contributed by atoms with E-state index >= 15 is 0 Å². The number of hydrogen-bond acceptors (Lipinski definition) is 4. The summed E-state index contributed by atoms with van der Waals surface area (Å²) in [6.07, 6.45) is 5.59. The summed E-state index contributed by atoms with van der Waals surface area (Å²) in [5.41, 5.74) is 7.21. The molecule has 120 valence electrons. The molecule has 0 spiro atoms. The molecule has 2 rings (SSSR count). The SMILES string of the molecule is CC(C(C#N)NC=O)n1ccc(NC(=O)c2cc(N)cn2C)c1. The quantitative estimate of drug-likeness (QED) is 0.685. The van der Waals surface area contributed by atoms with E-state index in [1.165, 1.54) is 0 Å². The molecule has 8 heteroatoms. The molecule has 0 aliphatic heterocycles. The zero-order chi connectivity index (χ0) is 17.0. The van der Waals surface area contributed by atoms with Crippen molar-refractivity contribution >= 4 is 23.7 Å². The Hall–Kier alpha value is -3.21. The molecular formula is C15H18N6O2. The fourth-order valence-corrected chi connectivity index (χ4v) is 2.28. The van der Waals surface area contributed by atoms with Crippen LogP contribution in [0.2, 0.25) is 0 Å². The number of hydrogen-bond donors (Lipinski definition) is 3. The van der Waals surface area contributed by atoms with Crippen molar-refractivity contribution in [3.63, 3.8) is 0 Å². The van der Waals surface area contributed by atoms with Crippen molar-refractivity contribution in [1.82, 2.24) is 14.5 Å². The Bertz CT molecular complexity index is 754. The summed E-state index contributed by atoms with van der Waals surface area (Å²) in [6, 6.07) is 4.40. The van der Waals surface area contributed by atoms with Gasteiger partial charge in [0.2, 0.25) is 6.41 Å². The van der Waals surface area contributed by atoms with Crippen LogP contribution >= 0.6 is 0 Å². The third kappa shape index (κ3) is 3.52. The highest BCUT2D eigenvalue weighted by atomic mass is 16.2. The topological polar surface area (TPSA) is 118 Å². The minimum Gasteiger partial charge on any atom is -0.397 e. The Morgan fingerprint density at radius 2 is 2.22 bits per heavy atom. The molecule has 0 bridgehead atoms. The number of rotatable bonds is 6. The number of aromatic nitrogens is 2. The summed E-state index contributed by atoms with van der Waals surface area (Å²) >= 11 is 0. The van der Waals surface area contributed by atoms with Gasteiger partial charge < -0.3 is 25.5 Å². The van der Waals surface area contributed by atoms with E-state index in [4.69, 9.17) is 11.0 Å². The number of amides is 2. The van der Waals surface area contributed by atoms with Gasteiger partial charge in [0.25, 0.3) is 5.91 Å². The van der Waals surface area contributed by atoms with Gasteiger partial charge in [-0.05, 0) is 19.1 Å². The fraction of sp³-hybridized carbons (Fsp3) is 0.267. The molecule has 4 N–H and O–H groups in total. The maximum absolute atomic E-state index is 12.2. The van der Waals surface area contributed by atoms with Gasteiger partial charge in [0.1, 0.15) is 11.7 Å². The largest absolute Gasteiger partial charge is 0.397 e. The minimum absolute atomic E-state index is 0.276. The van der Waals surface area contributed by atoms with Gasteiger partial charge in [0.15, 0.2) is 0 Å². The van der Waals surface area contributed by atoms with Crippen molar-refractivity contribution in [2.75, 3.05) is 11.1 Å². The first-order valence-electron chi connectivity index (χ1n) is 6.96. The number of anilines is 2. The van der Waals surface area contributed by atoms with Gasteiger partial charge in [-0.3, -0.25) is 9.59 Å². The summed E-state index contributed by atoms with van der Waals surface area (Å²) in [5.74, 6) is -0.280. The molecule has 23 heavy (non-hydrogen) atoms. The average Bonchev–Trinajstić information content (AvgIpc) is 3.10. The molecule has 0 aliphatic carbocycles. The molecule has 2 amide bonds. The van der Waals surface area contributed by atoms with Gasteiger partial charge in [-0.1, -0.05) is 0 Å². The zero-order valence-electron chi connectivity index (χ0n) is 12.9. The van der Waals surface area contributed by atoms with E-state index in [0.29, 0.717) is 23.5 Å². The van der Waals surface area contributed by atoms with Crippen LogP contribution in [0, 0.1) is 11.3 Å². The molecule has 2 aromatic heterocycles. The molecule has 0 radical (unpaired) electrons. The van der Waals surface area contributed by atoms with Crippen molar-refractivity contribution in [1.29, 1.82) is 5.26 Å². The molecule has 0 saturated heterocycles. The summed E-state index contributed by atoms with van der Waals surface area (Å²) in [5, 5.41) is 14.3. The lowest BCUT2D eigenvalue weighted by atomic mass is 10.1. The monoisotopic (exact) mass is 314 g/mol. The Morgan fingerprint density at radius 3 is 2.78 bits per heavy atom. The second kappa shape index (κ2) is 6.70. The van der Waals surface area contributed by atoms with Gasteiger partial charge in [0, 0.05) is 25.6 Å². The minimum atomic E-state index is -0.656. The van der Waals surface area contributed by atoms with Crippen LogP contribution in [0.5, 0.6) is 0 Å². The fourth-order valence-electron chi connectivity index (χ4n) is 2.28. The van der Waals surface area contributed by atoms with Crippen LogP contribution < -0.4 is 16.4 Å². The summed E-state index contributed by atoms with van der Waals surface area (Å²) in [4.78, 5) is 22.7. The number of nitrogens with one attached hydrogen (secondary N) is 2. The predicted molar refractivity (Wildman–Crippen MR) is 85.5 cm³/mol. The first-order valence-corrected chi connectivity index (χ1v) is 6.96. The van der Waals surface area contributed by atoms with Gasteiger partial charge in [-0.2, -0.15) is 5.26 Å². The van der Waals surface area contributed by atoms with Crippen LogP contribution in [0.1, 0.15) is 23.5 Å². The molecule has 0 saturated carbocycles. The number of nitrogens with two attached hydrogens (primary N) is 1. The second-order valence-electron chi connectivity index (χ2n) is 5.20. The highest BCUT2D eigenvalue weighted by Gasteiger charge is 2.18. The van der Waals surface area contributed by atoms with E-state index in [0.717, 1.165) is 0 Å². The molecule has 2 atom stereocenters. The number of nitrogens with zero attached hydrogens (tertiary/aromatic N) is 3. The highest BCUT2D eigenvalue weighted by molar-refractivity contribution is 6.03. The molecule has 8 nitrogen and oxygen atoms in total. The van der Waals surface area contributed by atoms with Gasteiger partial charge in [-0.25, -0.2) is 0 Å². The smallest absolute Gasteiger partial charge is 0.272 e. The second-order valence-corrected chi connectivity index (χ2v) is 5.20. The lowest BCUT2D eigenvalue weighted by Gasteiger charge is -2.18. The van der Waals surface area contributed by atoms with Crippen molar-refractivity contribution < 1.29 is 9.59 Å². The van der Waals surface area contributed by atoms with Crippen LogP contribution in [0.3, 0.4) is 0 Å². The molecular weight excluding hydrogens is 296 g/mol. The first-order chi connectivity index (χ1) is 11.0. The maximum atomic E-state index is 12.2. The van der Waals surface area contributed by atoms with Gasteiger partial charge in [-0.15, -0.1) is 0 Å². The number of aryl methyl sites for hydroxylation is 1. The number of carbonyl (C=O) groups is 2. The molecule has 0 aromatic carbocycles. The Balaban J connectivity index is 2.10. The van der Waals surface area contributed by atoms with E-state index in [2.05, 4.69) is 10.6 Å². The Kier molecular flexibility index (Phi) is 4.71. The normalized spacial score (nSPS) is 12.9. The van der Waals surface area contributed by atoms with Gasteiger partial charge in [0.05, 0.1) is 23.5 Å². The molecule has 2 heterocycles. The molecule has 0 fully saturated rings. The number of nitriles is 1. The lowest BCUT2D eigenvalue weighted by Crippen LogP contribution is -2.33. The van der Waals surface area contributed by atoms with Crippen molar-refractivity contribution in [2.24, 2.45) is 7.05 Å². The van der Waals surface area contributed by atoms with E-state index in [1.807, 2.05) is 6.07 Å². The highest BCUT2D eigenvalue weighted by Crippen LogP contribution is 2.18. The van der Waals surface area contributed by atoms with Crippen molar-refractivity contribution in [2.45, 2.75) is 19.0 Å². The lowest BCUT2D eigenvalue weighted by molar-refractivity contribution is -0.110. The van der Waals surface area contributed by atoms with Crippen LogP contribution in [0.15, 0.2) is 30.7 Å². The van der Waals surface area contributed by atoms with Crippen molar-refractivity contribution in [3.8, 4) is 6.07 Å². The van der Waals surface area contributed by atoms with E-state index in [-0.39, 0.29) is 11.9 Å². The van der Waals surface area contributed by atoms with E-state index < -0.39 is 6.04 Å². The molecule has 2 aromatic rings. The number of carbonyl (C=O) groups excluding carboxylic acids is 2. The summed E-state index contributed by atoms with van der Waals surface area (Å²) in [7, 11) is 1.74. The van der Waals surface area contributed by atoms with Crippen LogP contribution in [0.4, 0.5) is 11.4 Å². The van der Waals surface area contributed by atoms with Gasteiger partial charge >= 0.3 is 0 Å². The third-order valence-corrected chi connectivity index (χ3v) is 3.57. The maximum Gasteiger partial charge on any atom is 0.272 e. The third-order valence-electron chi connectivity index (χ3n) is 3.57. The molecule has 0 aliphatic rings. The van der Waals surface area contributed by atoms with E-state index in [1.54, 1.807) is 53.8 Å². The van der Waals surface area contributed by atoms with Crippen LogP contribution in [-0.2, 0) is 11.8 Å². The summed E-state index contributed by atoms with van der Waals surface area (Å²) in [6.45, 7) is 1.80. The van der Waals surface area contributed by atoms with Crippen LogP contribution in [0.25, 0.3) is 0 Å². The molecule has 2 unspecified atom stereocenters. The Labute approximate surface area is 133 Å². The van der Waals surface area contributed by atoms with E-state index in [9.17, 15) is 9.59 Å². The first kappa shape index (κ1) is 16.2. The number of nitrogen functional groups attached to an aromatic ring is 1. The zero-order valence-corrected chi connectivity index (χ0v) is 12.9. The predicted octanol–water partition coefficient (Wildman–Crippen LogP) is 0.860. The standard InChI is InChI=1S/C15H18N6O2/c1-10(13(6-16)18-9-22)21-4-3-12(8-21)19-15(23)14-5-11(17)7-20(14)2/h3-5,7-10,13H,17H2,1-2H3,(H,18,22)(H,19,23). The van der Waals surface area contributed by atoms with Crippen LogP contribution in [-0.4, -0.2) is 27.5 Å². The summed E-state index contributed by atoms with van der Waals surface area (Å²) < 4.78 is 3.39. The Morgan fingerprint density at radius 1 is 1.48 bits per heavy atom. The van der Waals surface area contributed by atoms with Crippen molar-refractivity contribution in [3.05, 3.63) is 36.4 Å². The average molecular weight is 314 g/mol.